The summed E-state index contributed by atoms with van der Waals surface area (Å²) in [5, 5.41) is 20.8. The fraction of sp³-hybridized carbons (Fsp3) is 0.100. The van der Waals surface area contributed by atoms with E-state index >= 15 is 0 Å². The fourth-order valence-electron chi connectivity index (χ4n) is 2.44. The van der Waals surface area contributed by atoms with Crippen LogP contribution in [0.1, 0.15) is 5.56 Å². The van der Waals surface area contributed by atoms with Crippen LogP contribution in [0.3, 0.4) is 0 Å². The Morgan fingerprint density at radius 1 is 1.14 bits per heavy atom. The lowest BCUT2D eigenvalue weighted by Crippen LogP contribution is -2.10. The summed E-state index contributed by atoms with van der Waals surface area (Å²) >= 11 is 1.03. The SMILES string of the molecule is COC(=O)C1=C(O)C(=Cc2cc(OC)ccc2O)SC1=Nc1ccc(F)cc1. The summed E-state index contributed by atoms with van der Waals surface area (Å²) in [6.45, 7) is 0. The first-order valence-corrected chi connectivity index (χ1v) is 8.87. The van der Waals surface area contributed by atoms with Crippen LogP contribution in [0.25, 0.3) is 6.08 Å². The Labute approximate surface area is 164 Å². The Hall–Kier alpha value is -3.26. The van der Waals surface area contributed by atoms with Gasteiger partial charge in [0.15, 0.2) is 0 Å². The van der Waals surface area contributed by atoms with E-state index in [9.17, 15) is 19.4 Å². The van der Waals surface area contributed by atoms with Gasteiger partial charge in [0, 0.05) is 5.56 Å². The second-order valence-electron chi connectivity index (χ2n) is 5.64. The second kappa shape index (κ2) is 8.18. The Morgan fingerprint density at radius 3 is 2.50 bits per heavy atom. The molecule has 0 fully saturated rings. The molecule has 144 valence electrons. The summed E-state index contributed by atoms with van der Waals surface area (Å²) in [5.74, 6) is -0.998. The van der Waals surface area contributed by atoms with Crippen molar-refractivity contribution in [2.75, 3.05) is 14.2 Å². The van der Waals surface area contributed by atoms with Crippen molar-refractivity contribution in [2.45, 2.75) is 0 Å². The third-order valence-corrected chi connectivity index (χ3v) is 4.88. The number of nitrogens with zero attached hydrogens (tertiary/aromatic N) is 1. The Kier molecular flexibility index (Phi) is 5.70. The maximum atomic E-state index is 13.1. The monoisotopic (exact) mass is 401 g/mol. The predicted molar refractivity (Wildman–Crippen MR) is 105 cm³/mol. The standard InChI is InChI=1S/C20H16FNO5S/c1-26-14-7-8-15(23)11(9-14)10-16-18(24)17(20(25)27-2)19(28-16)22-13-5-3-12(21)4-6-13/h3-10,23-24H,1-2H3. The molecule has 28 heavy (non-hydrogen) atoms. The number of aliphatic imine (C=N–C) groups is 1. The van der Waals surface area contributed by atoms with Crippen LogP contribution in [0.2, 0.25) is 0 Å². The molecule has 1 heterocycles. The molecule has 0 radical (unpaired) electrons. The Morgan fingerprint density at radius 2 is 1.86 bits per heavy atom. The largest absolute Gasteiger partial charge is 0.507 e. The van der Waals surface area contributed by atoms with E-state index in [-0.39, 0.29) is 22.1 Å². The van der Waals surface area contributed by atoms with Gasteiger partial charge >= 0.3 is 5.97 Å². The quantitative estimate of drug-likeness (QED) is 0.741. The topological polar surface area (TPSA) is 88.4 Å². The van der Waals surface area contributed by atoms with E-state index in [1.165, 1.54) is 50.6 Å². The number of halogens is 1. The molecule has 0 amide bonds. The number of aliphatic hydroxyl groups is 1. The summed E-state index contributed by atoms with van der Waals surface area (Å²) in [7, 11) is 2.69. The lowest BCUT2D eigenvalue weighted by molar-refractivity contribution is -0.135. The van der Waals surface area contributed by atoms with Crippen LogP contribution in [0.15, 0.2) is 63.7 Å². The molecule has 2 N–H and O–H groups in total. The first-order valence-electron chi connectivity index (χ1n) is 8.06. The van der Waals surface area contributed by atoms with Crippen molar-refractivity contribution in [3.8, 4) is 11.5 Å². The van der Waals surface area contributed by atoms with Crippen molar-refractivity contribution in [3.05, 3.63) is 70.1 Å². The van der Waals surface area contributed by atoms with Crippen LogP contribution in [0, 0.1) is 5.82 Å². The van der Waals surface area contributed by atoms with Gasteiger partial charge in [-0.2, -0.15) is 0 Å². The molecule has 0 saturated heterocycles. The molecular formula is C20H16FNO5S. The molecule has 0 aromatic heterocycles. The van der Waals surface area contributed by atoms with E-state index in [0.29, 0.717) is 21.9 Å². The number of aliphatic hydroxyl groups excluding tert-OH is 1. The molecular weight excluding hydrogens is 385 g/mol. The molecule has 3 rings (SSSR count). The molecule has 1 aliphatic heterocycles. The van der Waals surface area contributed by atoms with Crippen LogP contribution in [-0.4, -0.2) is 35.4 Å². The summed E-state index contributed by atoms with van der Waals surface area (Å²) in [6.07, 6.45) is 1.51. The van der Waals surface area contributed by atoms with Gasteiger partial charge in [0.2, 0.25) is 0 Å². The molecule has 2 aromatic rings. The van der Waals surface area contributed by atoms with Gasteiger partial charge in [-0.05, 0) is 48.5 Å². The number of methoxy groups -OCH3 is 2. The minimum atomic E-state index is -0.760. The van der Waals surface area contributed by atoms with Crippen molar-refractivity contribution in [1.82, 2.24) is 0 Å². The van der Waals surface area contributed by atoms with Gasteiger partial charge in [0.05, 0.1) is 24.8 Å². The van der Waals surface area contributed by atoms with Crippen LogP contribution < -0.4 is 4.74 Å². The molecule has 2 aromatic carbocycles. The number of phenolic OH excluding ortho intramolecular Hbond substituents is 1. The van der Waals surface area contributed by atoms with Gasteiger partial charge in [-0.3, -0.25) is 0 Å². The number of hydrogen-bond acceptors (Lipinski definition) is 7. The number of thioether (sulfide) groups is 1. The van der Waals surface area contributed by atoms with E-state index in [0.717, 1.165) is 11.8 Å². The number of aromatic hydroxyl groups is 1. The molecule has 8 heteroatoms. The average Bonchev–Trinajstić information content (AvgIpc) is 2.99. The zero-order chi connectivity index (χ0) is 20.3. The molecule has 6 nitrogen and oxygen atoms in total. The van der Waals surface area contributed by atoms with E-state index in [1.807, 2.05) is 0 Å². The molecule has 0 unspecified atom stereocenters. The molecule has 0 spiro atoms. The van der Waals surface area contributed by atoms with Crippen molar-refractivity contribution in [3.63, 3.8) is 0 Å². The zero-order valence-electron chi connectivity index (χ0n) is 15.0. The van der Waals surface area contributed by atoms with Crippen LogP contribution in [0.5, 0.6) is 11.5 Å². The lowest BCUT2D eigenvalue weighted by atomic mass is 10.1. The van der Waals surface area contributed by atoms with Crippen molar-refractivity contribution in [1.29, 1.82) is 0 Å². The first kappa shape index (κ1) is 19.5. The summed E-state index contributed by atoms with van der Waals surface area (Å²) < 4.78 is 23.0. The highest BCUT2D eigenvalue weighted by Gasteiger charge is 2.33. The molecule has 0 bridgehead atoms. The minimum absolute atomic E-state index is 0.0229. The normalized spacial score (nSPS) is 16.7. The number of benzene rings is 2. The summed E-state index contributed by atoms with van der Waals surface area (Å²) in [4.78, 5) is 16.8. The maximum absolute atomic E-state index is 13.1. The van der Waals surface area contributed by atoms with Crippen molar-refractivity contribution < 1.29 is 28.9 Å². The highest BCUT2D eigenvalue weighted by molar-refractivity contribution is 8.18. The minimum Gasteiger partial charge on any atom is -0.507 e. The smallest absolute Gasteiger partial charge is 0.344 e. The van der Waals surface area contributed by atoms with Gasteiger partial charge < -0.3 is 19.7 Å². The summed E-state index contributed by atoms with van der Waals surface area (Å²) in [5.41, 5.74) is 0.690. The van der Waals surface area contributed by atoms with Crippen molar-refractivity contribution in [2.24, 2.45) is 4.99 Å². The molecule has 0 atom stereocenters. The van der Waals surface area contributed by atoms with Crippen LogP contribution >= 0.6 is 11.8 Å². The van der Waals surface area contributed by atoms with E-state index < -0.39 is 11.8 Å². The van der Waals surface area contributed by atoms with E-state index in [2.05, 4.69) is 4.99 Å². The van der Waals surface area contributed by atoms with Gasteiger partial charge in [-0.15, -0.1) is 0 Å². The van der Waals surface area contributed by atoms with Crippen LogP contribution in [-0.2, 0) is 9.53 Å². The second-order valence-corrected chi connectivity index (χ2v) is 6.67. The number of phenols is 1. The number of carbonyl (C=O) groups is 1. The Bertz CT molecular complexity index is 1010. The third kappa shape index (κ3) is 4.01. The predicted octanol–water partition coefficient (Wildman–Crippen LogP) is 4.34. The zero-order valence-corrected chi connectivity index (χ0v) is 15.8. The summed E-state index contributed by atoms with van der Waals surface area (Å²) in [6, 6.07) is 10.0. The number of carbonyl (C=O) groups excluding carboxylic acids is 1. The number of hydrogen-bond donors (Lipinski definition) is 2. The van der Waals surface area contributed by atoms with Gasteiger partial charge in [-0.1, -0.05) is 11.8 Å². The molecule has 1 aliphatic rings. The first-order chi connectivity index (χ1) is 13.4. The number of rotatable bonds is 4. The maximum Gasteiger partial charge on any atom is 0.344 e. The fourth-order valence-corrected chi connectivity index (χ4v) is 3.47. The number of ether oxygens (including phenoxy) is 2. The van der Waals surface area contributed by atoms with Gasteiger partial charge in [0.25, 0.3) is 0 Å². The lowest BCUT2D eigenvalue weighted by Gasteiger charge is -2.04. The third-order valence-electron chi connectivity index (χ3n) is 3.86. The Balaban J connectivity index is 2.06. The van der Waals surface area contributed by atoms with Gasteiger partial charge in [0.1, 0.15) is 33.7 Å². The van der Waals surface area contributed by atoms with E-state index in [1.54, 1.807) is 12.1 Å². The molecule has 0 saturated carbocycles. The number of esters is 1. The highest BCUT2D eigenvalue weighted by Crippen LogP contribution is 2.41. The average molecular weight is 401 g/mol. The molecule has 0 aliphatic carbocycles. The van der Waals surface area contributed by atoms with Crippen molar-refractivity contribution >= 4 is 34.5 Å². The van der Waals surface area contributed by atoms with Crippen LogP contribution in [0.4, 0.5) is 10.1 Å². The van der Waals surface area contributed by atoms with E-state index in [4.69, 9.17) is 9.47 Å². The van der Waals surface area contributed by atoms with Gasteiger partial charge in [-0.25, -0.2) is 14.2 Å². The highest BCUT2D eigenvalue weighted by atomic mass is 32.2.